The summed E-state index contributed by atoms with van der Waals surface area (Å²) in [5, 5.41) is 21.8. The van der Waals surface area contributed by atoms with Gasteiger partial charge >= 0.3 is 7.12 Å². The van der Waals surface area contributed by atoms with Crippen LogP contribution in [0.2, 0.25) is 0 Å². The first kappa shape index (κ1) is 13.4. The van der Waals surface area contributed by atoms with Crippen molar-refractivity contribution in [1.29, 1.82) is 0 Å². The summed E-state index contributed by atoms with van der Waals surface area (Å²) in [6, 6.07) is 3.46. The second kappa shape index (κ2) is 5.71. The van der Waals surface area contributed by atoms with Gasteiger partial charge < -0.3 is 21.1 Å². The van der Waals surface area contributed by atoms with Crippen molar-refractivity contribution >= 4 is 18.3 Å². The monoisotopic (exact) mass is 249 g/mol. The molecule has 1 fully saturated rings. The van der Waals surface area contributed by atoms with E-state index in [-0.39, 0.29) is 0 Å². The second-order valence-electron chi connectivity index (χ2n) is 4.79. The molecule has 0 aromatic heterocycles. The van der Waals surface area contributed by atoms with Gasteiger partial charge in [-0.2, -0.15) is 0 Å². The highest BCUT2D eigenvalue weighted by atomic mass is 16.4. The van der Waals surface area contributed by atoms with E-state index in [1.54, 1.807) is 6.07 Å². The molecule has 5 nitrogen and oxygen atoms in total. The molecule has 1 aromatic carbocycles. The van der Waals surface area contributed by atoms with Gasteiger partial charge in [-0.25, -0.2) is 0 Å². The fourth-order valence-electron chi connectivity index (χ4n) is 2.25. The quantitative estimate of drug-likeness (QED) is 0.394. The van der Waals surface area contributed by atoms with Gasteiger partial charge in [0.2, 0.25) is 0 Å². The van der Waals surface area contributed by atoms with E-state index >= 15 is 0 Å². The summed E-state index contributed by atoms with van der Waals surface area (Å²) in [5.74, 6) is 0. The van der Waals surface area contributed by atoms with E-state index < -0.39 is 7.12 Å². The van der Waals surface area contributed by atoms with Crippen LogP contribution in [0, 0.1) is 6.92 Å². The van der Waals surface area contributed by atoms with Crippen LogP contribution in [0.4, 0.5) is 5.69 Å². The fraction of sp³-hybridized carbons (Fsp3) is 0.500. The highest BCUT2D eigenvalue weighted by molar-refractivity contribution is 6.58. The van der Waals surface area contributed by atoms with Crippen LogP contribution >= 0.6 is 0 Å². The van der Waals surface area contributed by atoms with Gasteiger partial charge in [-0.3, -0.25) is 4.90 Å². The number of benzene rings is 1. The van der Waals surface area contributed by atoms with Crippen LogP contribution < -0.4 is 16.5 Å². The van der Waals surface area contributed by atoms with E-state index in [0.717, 1.165) is 43.9 Å². The Labute approximate surface area is 108 Å². The zero-order valence-corrected chi connectivity index (χ0v) is 10.7. The molecule has 0 saturated carbocycles. The lowest BCUT2D eigenvalue weighted by Crippen LogP contribution is -2.43. The number of nitrogens with zero attached hydrogens (tertiary/aromatic N) is 1. The van der Waals surface area contributed by atoms with Gasteiger partial charge in [0.15, 0.2) is 0 Å². The van der Waals surface area contributed by atoms with E-state index in [0.29, 0.717) is 11.2 Å². The Kier molecular flexibility index (Phi) is 4.24. The SMILES string of the molecule is Cc1c(N)cc(B(O)O)cc1CN1CCNCC1. The maximum absolute atomic E-state index is 9.25. The zero-order chi connectivity index (χ0) is 13.1. The predicted octanol–water partition coefficient (Wildman–Crippen LogP) is -1.34. The van der Waals surface area contributed by atoms with Gasteiger partial charge in [-0.1, -0.05) is 6.07 Å². The van der Waals surface area contributed by atoms with Crippen molar-refractivity contribution in [2.45, 2.75) is 13.5 Å². The molecule has 6 heteroatoms. The van der Waals surface area contributed by atoms with Crippen molar-refractivity contribution in [2.75, 3.05) is 31.9 Å². The Balaban J connectivity index is 2.19. The molecule has 0 radical (unpaired) electrons. The standard InChI is InChI=1S/C12H20BN3O2/c1-9-10(8-16-4-2-15-3-5-16)6-11(13(17)18)7-12(9)14/h6-7,15,17-18H,2-5,8,14H2,1H3. The summed E-state index contributed by atoms with van der Waals surface area (Å²) in [4.78, 5) is 2.34. The summed E-state index contributed by atoms with van der Waals surface area (Å²) in [5.41, 5.74) is 9.08. The molecule has 18 heavy (non-hydrogen) atoms. The molecular weight excluding hydrogens is 229 g/mol. The topological polar surface area (TPSA) is 81.8 Å². The molecule has 0 bridgehead atoms. The summed E-state index contributed by atoms with van der Waals surface area (Å²) < 4.78 is 0. The number of anilines is 1. The smallest absolute Gasteiger partial charge is 0.423 e. The van der Waals surface area contributed by atoms with E-state index in [2.05, 4.69) is 10.2 Å². The minimum absolute atomic E-state index is 0.461. The van der Waals surface area contributed by atoms with E-state index in [4.69, 9.17) is 5.73 Å². The van der Waals surface area contributed by atoms with Crippen LogP contribution in [0.1, 0.15) is 11.1 Å². The third kappa shape index (κ3) is 3.03. The third-order valence-corrected chi connectivity index (χ3v) is 3.48. The minimum Gasteiger partial charge on any atom is -0.423 e. The lowest BCUT2D eigenvalue weighted by molar-refractivity contribution is 0.233. The normalized spacial score (nSPS) is 16.8. The van der Waals surface area contributed by atoms with Gasteiger partial charge in [0, 0.05) is 38.4 Å². The molecule has 0 spiro atoms. The average molecular weight is 249 g/mol. The van der Waals surface area contributed by atoms with Crippen LogP contribution in [0.5, 0.6) is 0 Å². The first-order valence-electron chi connectivity index (χ1n) is 6.26. The molecule has 1 heterocycles. The maximum Gasteiger partial charge on any atom is 0.488 e. The second-order valence-corrected chi connectivity index (χ2v) is 4.79. The van der Waals surface area contributed by atoms with Crippen LogP contribution in [-0.4, -0.2) is 48.2 Å². The first-order valence-corrected chi connectivity index (χ1v) is 6.26. The number of hydrogen-bond donors (Lipinski definition) is 4. The van der Waals surface area contributed by atoms with E-state index in [9.17, 15) is 10.0 Å². The lowest BCUT2D eigenvalue weighted by Gasteiger charge is -2.28. The van der Waals surface area contributed by atoms with Crippen molar-refractivity contribution in [1.82, 2.24) is 10.2 Å². The third-order valence-electron chi connectivity index (χ3n) is 3.48. The Hall–Kier alpha value is -1.08. The van der Waals surface area contributed by atoms with Crippen molar-refractivity contribution in [3.8, 4) is 0 Å². The number of nitrogens with two attached hydrogens (primary N) is 1. The Bertz CT molecular complexity index is 420. The molecule has 2 rings (SSSR count). The van der Waals surface area contributed by atoms with Crippen molar-refractivity contribution in [2.24, 2.45) is 0 Å². The van der Waals surface area contributed by atoms with Crippen LogP contribution in [-0.2, 0) is 6.54 Å². The minimum atomic E-state index is -1.46. The molecule has 1 aliphatic heterocycles. The average Bonchev–Trinajstić information content (AvgIpc) is 2.35. The Morgan fingerprint density at radius 3 is 2.61 bits per heavy atom. The zero-order valence-electron chi connectivity index (χ0n) is 10.7. The van der Waals surface area contributed by atoms with Gasteiger partial charge in [0.1, 0.15) is 0 Å². The maximum atomic E-state index is 9.25. The van der Waals surface area contributed by atoms with Crippen LogP contribution in [0.15, 0.2) is 12.1 Å². The number of rotatable bonds is 3. The van der Waals surface area contributed by atoms with Gasteiger partial charge in [-0.15, -0.1) is 0 Å². The first-order chi connectivity index (χ1) is 8.58. The molecule has 0 amide bonds. The van der Waals surface area contributed by atoms with Gasteiger partial charge in [0.25, 0.3) is 0 Å². The summed E-state index contributed by atoms with van der Waals surface area (Å²) in [6.45, 7) is 6.78. The molecule has 0 aliphatic carbocycles. The van der Waals surface area contributed by atoms with E-state index in [1.165, 1.54) is 0 Å². The molecular formula is C12H20BN3O2. The van der Waals surface area contributed by atoms with Gasteiger partial charge in [-0.05, 0) is 29.6 Å². The molecule has 0 unspecified atom stereocenters. The Morgan fingerprint density at radius 1 is 1.33 bits per heavy atom. The van der Waals surface area contributed by atoms with Crippen molar-refractivity contribution in [3.63, 3.8) is 0 Å². The van der Waals surface area contributed by atoms with Crippen LogP contribution in [0.3, 0.4) is 0 Å². The van der Waals surface area contributed by atoms with Gasteiger partial charge in [0.05, 0.1) is 0 Å². The highest BCUT2D eigenvalue weighted by Gasteiger charge is 2.17. The Morgan fingerprint density at radius 2 is 2.00 bits per heavy atom. The largest absolute Gasteiger partial charge is 0.488 e. The number of nitrogen functional groups attached to an aromatic ring is 1. The fourth-order valence-corrected chi connectivity index (χ4v) is 2.25. The van der Waals surface area contributed by atoms with E-state index in [1.807, 2.05) is 13.0 Å². The molecule has 98 valence electrons. The number of nitrogens with one attached hydrogen (secondary N) is 1. The molecule has 1 saturated heterocycles. The lowest BCUT2D eigenvalue weighted by atomic mass is 9.78. The van der Waals surface area contributed by atoms with Crippen molar-refractivity contribution in [3.05, 3.63) is 23.3 Å². The number of piperazine rings is 1. The number of hydrogen-bond acceptors (Lipinski definition) is 5. The summed E-state index contributed by atoms with van der Waals surface area (Å²) in [6.07, 6.45) is 0. The molecule has 1 aliphatic rings. The summed E-state index contributed by atoms with van der Waals surface area (Å²) in [7, 11) is -1.46. The predicted molar refractivity (Wildman–Crippen MR) is 73.6 cm³/mol. The molecule has 0 atom stereocenters. The van der Waals surface area contributed by atoms with Crippen molar-refractivity contribution < 1.29 is 10.0 Å². The highest BCUT2D eigenvalue weighted by Crippen LogP contribution is 2.16. The molecule has 1 aromatic rings. The van der Waals surface area contributed by atoms with Crippen LogP contribution in [0.25, 0.3) is 0 Å². The summed E-state index contributed by atoms with van der Waals surface area (Å²) >= 11 is 0. The molecule has 5 N–H and O–H groups in total.